The lowest BCUT2D eigenvalue weighted by molar-refractivity contribution is -0.173. The van der Waals surface area contributed by atoms with E-state index in [1.807, 2.05) is 0 Å². The van der Waals surface area contributed by atoms with Gasteiger partial charge in [-0.2, -0.15) is 13.2 Å². The molecule has 0 amide bonds. The maximum absolute atomic E-state index is 13.1. The maximum atomic E-state index is 13.1. The summed E-state index contributed by atoms with van der Waals surface area (Å²) in [6.07, 6.45) is -4.17. The number of hydrogen-bond acceptors (Lipinski definition) is 3. The van der Waals surface area contributed by atoms with Gasteiger partial charge < -0.3 is 10.5 Å². The van der Waals surface area contributed by atoms with E-state index in [1.165, 1.54) is 12.1 Å². The highest BCUT2D eigenvalue weighted by molar-refractivity contribution is 7.85. The van der Waals surface area contributed by atoms with Crippen LogP contribution < -0.4 is 5.73 Å². The van der Waals surface area contributed by atoms with Gasteiger partial charge in [0.15, 0.2) is 0 Å². The van der Waals surface area contributed by atoms with Crippen molar-refractivity contribution in [3.8, 4) is 0 Å². The molecule has 8 heteroatoms. The van der Waals surface area contributed by atoms with Crippen molar-refractivity contribution in [2.75, 3.05) is 24.7 Å². The minimum atomic E-state index is -4.36. The Kier molecular flexibility index (Phi) is 5.74. The lowest BCUT2D eigenvalue weighted by atomic mass is 10.3. The van der Waals surface area contributed by atoms with E-state index in [1.54, 1.807) is 0 Å². The fraction of sp³-hybridized carbons (Fsp3) is 0.455. The normalized spacial score (nSPS) is 13.5. The van der Waals surface area contributed by atoms with Gasteiger partial charge in [-0.3, -0.25) is 4.21 Å². The van der Waals surface area contributed by atoms with Crippen LogP contribution in [0.25, 0.3) is 0 Å². The molecule has 3 nitrogen and oxygen atoms in total. The molecule has 0 fully saturated rings. The molecule has 0 radical (unpaired) electrons. The number of nitrogens with two attached hydrogens (primary N) is 1. The first-order chi connectivity index (χ1) is 8.79. The molecule has 0 aliphatic carbocycles. The van der Waals surface area contributed by atoms with Gasteiger partial charge in [-0.1, -0.05) is 0 Å². The molecule has 0 aliphatic rings. The zero-order valence-electron chi connectivity index (χ0n) is 9.87. The van der Waals surface area contributed by atoms with Crippen LogP contribution in [-0.2, 0) is 15.5 Å². The van der Waals surface area contributed by atoms with Gasteiger partial charge >= 0.3 is 6.18 Å². The van der Waals surface area contributed by atoms with Crippen LogP contribution >= 0.6 is 0 Å². The van der Waals surface area contributed by atoms with Gasteiger partial charge in [-0.25, -0.2) is 4.39 Å². The minimum absolute atomic E-state index is 0.0470. The Labute approximate surface area is 110 Å². The largest absolute Gasteiger partial charge is 0.411 e. The van der Waals surface area contributed by atoms with Crippen LogP contribution in [0, 0.1) is 5.82 Å². The Bertz CT molecular complexity index is 451. The van der Waals surface area contributed by atoms with Crippen LogP contribution in [0.4, 0.5) is 23.2 Å². The number of hydrogen-bond donors (Lipinski definition) is 1. The Morgan fingerprint density at radius 3 is 2.58 bits per heavy atom. The average molecular weight is 299 g/mol. The van der Waals surface area contributed by atoms with Gasteiger partial charge in [0, 0.05) is 17.3 Å². The van der Waals surface area contributed by atoms with Crippen molar-refractivity contribution in [2.45, 2.75) is 17.5 Å². The van der Waals surface area contributed by atoms with Crippen molar-refractivity contribution in [1.82, 2.24) is 0 Å². The first-order valence-electron chi connectivity index (χ1n) is 5.37. The number of benzene rings is 1. The first-order valence-corrected chi connectivity index (χ1v) is 6.69. The summed E-state index contributed by atoms with van der Waals surface area (Å²) in [5.74, 6) is -0.569. The molecular formula is C11H13F4NO2S. The lowest BCUT2D eigenvalue weighted by Crippen LogP contribution is -2.18. The summed E-state index contributed by atoms with van der Waals surface area (Å²) in [6, 6.07) is 3.77. The number of rotatable bonds is 6. The van der Waals surface area contributed by atoms with E-state index >= 15 is 0 Å². The van der Waals surface area contributed by atoms with Gasteiger partial charge in [-0.05, 0) is 24.6 Å². The summed E-state index contributed by atoms with van der Waals surface area (Å²) in [5, 5.41) is 0. The van der Waals surface area contributed by atoms with Crippen molar-refractivity contribution < 1.29 is 26.5 Å². The molecule has 0 bridgehead atoms. The van der Waals surface area contributed by atoms with Gasteiger partial charge in [0.05, 0.1) is 16.5 Å². The van der Waals surface area contributed by atoms with Crippen LogP contribution in [0.1, 0.15) is 6.42 Å². The standard InChI is InChI=1S/C11H13F4NO2S/c12-9-6-8(2-3-10(9)16)19(17)5-1-4-18-7-11(13,14)15/h2-3,6H,1,4-5,7,16H2. The summed E-state index contributed by atoms with van der Waals surface area (Å²) in [7, 11) is -1.48. The molecule has 0 heterocycles. The molecule has 0 aromatic heterocycles. The van der Waals surface area contributed by atoms with Gasteiger partial charge in [0.25, 0.3) is 0 Å². The second-order valence-corrected chi connectivity index (χ2v) is 5.32. The fourth-order valence-electron chi connectivity index (χ4n) is 1.25. The van der Waals surface area contributed by atoms with E-state index in [0.717, 1.165) is 6.07 Å². The molecule has 0 aliphatic heterocycles. The molecule has 0 spiro atoms. The molecule has 1 aromatic rings. The number of alkyl halides is 3. The van der Waals surface area contributed by atoms with Crippen LogP contribution in [0.5, 0.6) is 0 Å². The highest BCUT2D eigenvalue weighted by Gasteiger charge is 2.27. The van der Waals surface area contributed by atoms with Crippen molar-refractivity contribution in [3.63, 3.8) is 0 Å². The van der Waals surface area contributed by atoms with E-state index in [2.05, 4.69) is 4.74 Å². The smallest absolute Gasteiger partial charge is 0.396 e. The molecule has 1 aromatic carbocycles. The Balaban J connectivity index is 2.33. The van der Waals surface area contributed by atoms with Crippen molar-refractivity contribution >= 4 is 16.5 Å². The maximum Gasteiger partial charge on any atom is 0.411 e. The number of nitrogen functional groups attached to an aromatic ring is 1. The van der Waals surface area contributed by atoms with E-state index < -0.39 is 29.4 Å². The third kappa shape index (κ3) is 6.02. The molecule has 1 unspecified atom stereocenters. The van der Waals surface area contributed by atoms with Gasteiger partial charge in [0.1, 0.15) is 12.4 Å². The average Bonchev–Trinajstić information content (AvgIpc) is 2.30. The minimum Gasteiger partial charge on any atom is -0.396 e. The molecule has 1 rings (SSSR count). The quantitative estimate of drug-likeness (QED) is 0.499. The van der Waals surface area contributed by atoms with Crippen LogP contribution in [0.3, 0.4) is 0 Å². The van der Waals surface area contributed by atoms with Crippen LogP contribution in [0.2, 0.25) is 0 Å². The SMILES string of the molecule is Nc1ccc(S(=O)CCCOCC(F)(F)F)cc1F. The number of ether oxygens (including phenoxy) is 1. The van der Waals surface area contributed by atoms with Gasteiger partial charge in [-0.15, -0.1) is 0 Å². The highest BCUT2D eigenvalue weighted by Crippen LogP contribution is 2.16. The zero-order chi connectivity index (χ0) is 14.5. The number of anilines is 1. The topological polar surface area (TPSA) is 52.3 Å². The second kappa shape index (κ2) is 6.85. The first kappa shape index (κ1) is 15.9. The third-order valence-electron chi connectivity index (χ3n) is 2.12. The summed E-state index contributed by atoms with van der Waals surface area (Å²) in [4.78, 5) is 0.252. The predicted octanol–water partition coefficient (Wildman–Crippen LogP) is 2.48. The molecule has 0 saturated heterocycles. The summed E-state index contributed by atoms with van der Waals surface area (Å²) >= 11 is 0. The van der Waals surface area contributed by atoms with Crippen LogP contribution in [0.15, 0.2) is 23.1 Å². The summed E-state index contributed by atoms with van der Waals surface area (Å²) in [5.41, 5.74) is 5.22. The molecule has 2 N–H and O–H groups in total. The summed E-state index contributed by atoms with van der Waals surface area (Å²) < 4.78 is 64.4. The zero-order valence-corrected chi connectivity index (χ0v) is 10.7. The van der Waals surface area contributed by atoms with Gasteiger partial charge in [0.2, 0.25) is 0 Å². The Hall–Kier alpha value is -1.15. The summed E-state index contributed by atoms with van der Waals surface area (Å²) in [6.45, 7) is -1.47. The van der Waals surface area contributed by atoms with Crippen molar-refractivity contribution in [1.29, 1.82) is 0 Å². The van der Waals surface area contributed by atoms with E-state index in [-0.39, 0.29) is 29.4 Å². The Morgan fingerprint density at radius 1 is 1.32 bits per heavy atom. The van der Waals surface area contributed by atoms with E-state index in [0.29, 0.717) is 0 Å². The monoisotopic (exact) mass is 299 g/mol. The van der Waals surface area contributed by atoms with E-state index in [4.69, 9.17) is 5.73 Å². The predicted molar refractivity (Wildman–Crippen MR) is 63.6 cm³/mol. The van der Waals surface area contributed by atoms with Crippen molar-refractivity contribution in [3.05, 3.63) is 24.0 Å². The fourth-order valence-corrected chi connectivity index (χ4v) is 2.32. The highest BCUT2D eigenvalue weighted by atomic mass is 32.2. The molecule has 19 heavy (non-hydrogen) atoms. The number of halogens is 4. The van der Waals surface area contributed by atoms with Crippen LogP contribution in [-0.4, -0.2) is 29.4 Å². The lowest BCUT2D eigenvalue weighted by Gasteiger charge is -2.07. The molecule has 0 saturated carbocycles. The second-order valence-electron chi connectivity index (χ2n) is 3.75. The molecule has 108 valence electrons. The molecular weight excluding hydrogens is 286 g/mol. The van der Waals surface area contributed by atoms with Crippen molar-refractivity contribution in [2.24, 2.45) is 0 Å². The third-order valence-corrected chi connectivity index (χ3v) is 3.56. The Morgan fingerprint density at radius 2 is 2.00 bits per heavy atom. The molecule has 1 atom stereocenters. The van der Waals surface area contributed by atoms with E-state index in [9.17, 15) is 21.8 Å².